The highest BCUT2D eigenvalue weighted by atomic mass is 16.3. The Balaban J connectivity index is 2.00. The normalized spacial score (nSPS) is 20.1. The van der Waals surface area contributed by atoms with Crippen LogP contribution in [0.25, 0.3) is 0 Å². The van der Waals surface area contributed by atoms with E-state index < -0.39 is 0 Å². The Morgan fingerprint density at radius 3 is 2.47 bits per heavy atom. The van der Waals surface area contributed by atoms with Gasteiger partial charge in [0.25, 0.3) is 0 Å². The van der Waals surface area contributed by atoms with Gasteiger partial charge in [0.2, 0.25) is 0 Å². The molecule has 19 heavy (non-hydrogen) atoms. The van der Waals surface area contributed by atoms with Crippen molar-refractivity contribution in [2.45, 2.75) is 57.6 Å². The number of aliphatic hydroxyl groups excluding tert-OH is 1. The number of hydrogen-bond donors (Lipinski definition) is 2. The molecule has 2 nitrogen and oxygen atoms in total. The van der Waals surface area contributed by atoms with Gasteiger partial charge >= 0.3 is 0 Å². The van der Waals surface area contributed by atoms with Crippen LogP contribution in [0.2, 0.25) is 0 Å². The Bertz CT molecular complexity index is 344. The van der Waals surface area contributed by atoms with Gasteiger partial charge in [-0.25, -0.2) is 0 Å². The number of aliphatic hydroxyl groups is 1. The monoisotopic (exact) mass is 261 g/mol. The second-order valence-electron chi connectivity index (χ2n) is 5.88. The van der Waals surface area contributed by atoms with E-state index in [0.717, 1.165) is 18.9 Å². The van der Waals surface area contributed by atoms with E-state index in [4.69, 9.17) is 0 Å². The first kappa shape index (κ1) is 14.5. The van der Waals surface area contributed by atoms with Crippen LogP contribution in [0, 0.1) is 5.92 Å². The molecule has 2 N–H and O–H groups in total. The van der Waals surface area contributed by atoms with Gasteiger partial charge in [-0.05, 0) is 44.2 Å². The Hall–Kier alpha value is -0.860. The van der Waals surface area contributed by atoms with Crippen LogP contribution in [0.1, 0.15) is 57.1 Å². The molecule has 1 saturated carbocycles. The first-order chi connectivity index (χ1) is 9.27. The average molecular weight is 261 g/mol. The zero-order valence-corrected chi connectivity index (χ0v) is 12.0. The van der Waals surface area contributed by atoms with Crippen LogP contribution in [0.5, 0.6) is 0 Å². The van der Waals surface area contributed by atoms with Crippen molar-refractivity contribution >= 4 is 0 Å². The SMILES string of the molecule is CC(O)CCNC(c1ccccc1)C1CCCCC1. The van der Waals surface area contributed by atoms with Gasteiger partial charge in [-0.15, -0.1) is 0 Å². The van der Waals surface area contributed by atoms with E-state index in [2.05, 4.69) is 35.6 Å². The van der Waals surface area contributed by atoms with Crippen molar-refractivity contribution < 1.29 is 5.11 Å². The fraction of sp³-hybridized carbons (Fsp3) is 0.647. The summed E-state index contributed by atoms with van der Waals surface area (Å²) in [4.78, 5) is 0. The fourth-order valence-electron chi connectivity index (χ4n) is 3.13. The Labute approximate surface area is 117 Å². The Morgan fingerprint density at radius 1 is 1.16 bits per heavy atom. The van der Waals surface area contributed by atoms with Crippen molar-refractivity contribution in [2.75, 3.05) is 6.54 Å². The molecular formula is C17H27NO. The van der Waals surface area contributed by atoms with Gasteiger partial charge < -0.3 is 10.4 Å². The van der Waals surface area contributed by atoms with Gasteiger partial charge in [0.1, 0.15) is 0 Å². The average Bonchev–Trinajstić information content (AvgIpc) is 2.45. The minimum Gasteiger partial charge on any atom is -0.393 e. The third-order valence-electron chi connectivity index (χ3n) is 4.21. The highest BCUT2D eigenvalue weighted by Crippen LogP contribution is 2.34. The smallest absolute Gasteiger partial charge is 0.0524 e. The molecule has 0 amide bonds. The number of hydrogen-bond acceptors (Lipinski definition) is 2. The molecule has 1 aromatic rings. The van der Waals surface area contributed by atoms with Crippen molar-refractivity contribution in [2.24, 2.45) is 5.92 Å². The highest BCUT2D eigenvalue weighted by Gasteiger charge is 2.24. The molecule has 0 radical (unpaired) electrons. The maximum atomic E-state index is 9.41. The van der Waals surface area contributed by atoms with E-state index in [0.29, 0.717) is 6.04 Å². The van der Waals surface area contributed by atoms with Crippen molar-refractivity contribution in [1.82, 2.24) is 5.32 Å². The first-order valence-corrected chi connectivity index (χ1v) is 7.74. The van der Waals surface area contributed by atoms with E-state index in [1.807, 2.05) is 6.92 Å². The first-order valence-electron chi connectivity index (χ1n) is 7.74. The summed E-state index contributed by atoms with van der Waals surface area (Å²) in [7, 11) is 0. The summed E-state index contributed by atoms with van der Waals surface area (Å²) < 4.78 is 0. The van der Waals surface area contributed by atoms with Crippen LogP contribution in [-0.2, 0) is 0 Å². The van der Waals surface area contributed by atoms with E-state index >= 15 is 0 Å². The second-order valence-corrected chi connectivity index (χ2v) is 5.88. The Kier molecular flexibility index (Phi) is 5.87. The lowest BCUT2D eigenvalue weighted by atomic mass is 9.81. The molecule has 1 aliphatic rings. The third kappa shape index (κ3) is 4.63. The molecule has 1 aliphatic carbocycles. The maximum Gasteiger partial charge on any atom is 0.0524 e. The van der Waals surface area contributed by atoms with Crippen LogP contribution in [0.15, 0.2) is 30.3 Å². The molecule has 0 spiro atoms. The van der Waals surface area contributed by atoms with Gasteiger partial charge in [-0.2, -0.15) is 0 Å². The number of nitrogens with one attached hydrogen (secondary N) is 1. The molecule has 2 heteroatoms. The lowest BCUT2D eigenvalue weighted by Gasteiger charge is -2.31. The minimum absolute atomic E-state index is 0.213. The van der Waals surface area contributed by atoms with Crippen molar-refractivity contribution in [3.63, 3.8) is 0 Å². The van der Waals surface area contributed by atoms with Crippen molar-refractivity contribution in [3.8, 4) is 0 Å². The number of rotatable bonds is 6. The highest BCUT2D eigenvalue weighted by molar-refractivity contribution is 5.19. The Morgan fingerprint density at radius 2 is 1.84 bits per heavy atom. The molecule has 2 atom stereocenters. The largest absolute Gasteiger partial charge is 0.393 e. The molecular weight excluding hydrogens is 234 g/mol. The van der Waals surface area contributed by atoms with E-state index in [1.54, 1.807) is 0 Å². The zero-order valence-electron chi connectivity index (χ0n) is 12.0. The molecule has 2 unspecified atom stereocenters. The topological polar surface area (TPSA) is 32.3 Å². The molecule has 0 heterocycles. The lowest BCUT2D eigenvalue weighted by Crippen LogP contribution is -2.31. The number of benzene rings is 1. The molecule has 1 fully saturated rings. The van der Waals surface area contributed by atoms with Crippen LogP contribution in [0.3, 0.4) is 0 Å². The fourth-order valence-corrected chi connectivity index (χ4v) is 3.13. The summed E-state index contributed by atoms with van der Waals surface area (Å²) in [5.74, 6) is 0.755. The van der Waals surface area contributed by atoms with Crippen LogP contribution in [-0.4, -0.2) is 17.8 Å². The van der Waals surface area contributed by atoms with E-state index in [9.17, 15) is 5.11 Å². The van der Waals surface area contributed by atoms with Crippen LogP contribution in [0.4, 0.5) is 0 Å². The summed E-state index contributed by atoms with van der Waals surface area (Å²) >= 11 is 0. The van der Waals surface area contributed by atoms with Crippen LogP contribution >= 0.6 is 0 Å². The summed E-state index contributed by atoms with van der Waals surface area (Å²) in [5.41, 5.74) is 1.40. The maximum absolute atomic E-state index is 9.41. The van der Waals surface area contributed by atoms with Crippen LogP contribution < -0.4 is 5.32 Å². The molecule has 0 aliphatic heterocycles. The molecule has 1 aromatic carbocycles. The lowest BCUT2D eigenvalue weighted by molar-refractivity contribution is 0.177. The van der Waals surface area contributed by atoms with Gasteiger partial charge in [0.05, 0.1) is 6.10 Å². The summed E-state index contributed by atoms with van der Waals surface area (Å²) in [6.07, 6.45) is 7.41. The third-order valence-corrected chi connectivity index (χ3v) is 4.21. The van der Waals surface area contributed by atoms with Gasteiger partial charge in [-0.1, -0.05) is 49.6 Å². The quantitative estimate of drug-likeness (QED) is 0.819. The van der Waals surface area contributed by atoms with Crippen molar-refractivity contribution in [3.05, 3.63) is 35.9 Å². The van der Waals surface area contributed by atoms with Gasteiger partial charge in [0.15, 0.2) is 0 Å². The van der Waals surface area contributed by atoms with Crippen molar-refractivity contribution in [1.29, 1.82) is 0 Å². The summed E-state index contributed by atoms with van der Waals surface area (Å²) in [6.45, 7) is 2.76. The zero-order chi connectivity index (χ0) is 13.5. The molecule has 2 rings (SSSR count). The predicted octanol–water partition coefficient (Wildman–Crippen LogP) is 3.67. The predicted molar refractivity (Wildman–Crippen MR) is 80.1 cm³/mol. The summed E-state index contributed by atoms with van der Waals surface area (Å²) in [6, 6.07) is 11.3. The minimum atomic E-state index is -0.213. The standard InChI is InChI=1S/C17H27NO/c1-14(19)12-13-18-17(15-8-4-2-5-9-15)16-10-6-3-7-11-16/h2,4-5,8-9,14,16-19H,3,6-7,10-13H2,1H3. The second kappa shape index (κ2) is 7.66. The molecule has 106 valence electrons. The summed E-state index contributed by atoms with van der Waals surface area (Å²) in [5, 5.41) is 13.1. The molecule has 0 saturated heterocycles. The van der Waals surface area contributed by atoms with Gasteiger partial charge in [-0.3, -0.25) is 0 Å². The van der Waals surface area contributed by atoms with E-state index in [-0.39, 0.29) is 6.10 Å². The molecule has 0 bridgehead atoms. The van der Waals surface area contributed by atoms with E-state index in [1.165, 1.54) is 37.7 Å². The van der Waals surface area contributed by atoms with Gasteiger partial charge in [0, 0.05) is 6.04 Å². The molecule has 0 aromatic heterocycles.